The van der Waals surface area contributed by atoms with Gasteiger partial charge in [0.05, 0.1) is 5.41 Å². The lowest BCUT2D eigenvalue weighted by Gasteiger charge is -2.22. The van der Waals surface area contributed by atoms with E-state index in [-0.39, 0.29) is 11.6 Å². The van der Waals surface area contributed by atoms with Crippen molar-refractivity contribution in [1.29, 1.82) is 0 Å². The molecule has 1 fully saturated rings. The van der Waals surface area contributed by atoms with E-state index in [0.29, 0.717) is 17.7 Å². The fourth-order valence-electron chi connectivity index (χ4n) is 4.80. The largest absolute Gasteiger partial charge is 0.425 e. The lowest BCUT2D eigenvalue weighted by molar-refractivity contribution is -0.148. The van der Waals surface area contributed by atoms with Crippen LogP contribution in [-0.4, -0.2) is 17.5 Å². The number of ether oxygens (including phenoxy) is 1. The van der Waals surface area contributed by atoms with E-state index in [1.54, 1.807) is 36.4 Å². The second kappa shape index (κ2) is 5.61. The second-order valence-corrected chi connectivity index (χ2v) is 7.80. The second-order valence-electron chi connectivity index (χ2n) is 6.89. The number of hydrogen-bond acceptors (Lipinski definition) is 4. The standard InChI is InChI=1S/C21H17BrO4/c1-3-20(18(24)13-8-10-14(22)11-9-13)17-15-6-4-5-7-16(15)26-19(25)21(17,20)12(2)23/h4-11,17H,3H2,1-2H3/t17-,20+,21-/m1/s1. The summed E-state index contributed by atoms with van der Waals surface area (Å²) in [5, 5.41) is 0. The van der Waals surface area contributed by atoms with Crippen molar-refractivity contribution in [1.82, 2.24) is 0 Å². The zero-order valence-electron chi connectivity index (χ0n) is 14.4. The average molecular weight is 413 g/mol. The molecular formula is C21H17BrO4. The number of halogens is 1. The Hall–Kier alpha value is -2.27. The molecule has 0 amide bonds. The normalized spacial score (nSPS) is 28.6. The molecule has 0 unspecified atom stereocenters. The summed E-state index contributed by atoms with van der Waals surface area (Å²) in [6.07, 6.45) is 0.385. The first-order valence-corrected chi connectivity index (χ1v) is 9.33. The summed E-state index contributed by atoms with van der Waals surface area (Å²) in [4.78, 5) is 39.1. The molecule has 1 aliphatic carbocycles. The first kappa shape index (κ1) is 17.2. The lowest BCUT2D eigenvalue weighted by atomic mass is 9.81. The highest BCUT2D eigenvalue weighted by Crippen LogP contribution is 2.80. The van der Waals surface area contributed by atoms with Gasteiger partial charge in [0.15, 0.2) is 5.78 Å². The van der Waals surface area contributed by atoms with E-state index in [4.69, 9.17) is 4.74 Å². The maximum atomic E-state index is 13.5. The maximum Gasteiger partial charge on any atom is 0.326 e. The number of fused-ring (bicyclic) bond motifs is 3. The van der Waals surface area contributed by atoms with Gasteiger partial charge >= 0.3 is 5.97 Å². The molecule has 4 rings (SSSR count). The number of esters is 1. The van der Waals surface area contributed by atoms with E-state index in [0.717, 1.165) is 10.0 Å². The monoisotopic (exact) mass is 412 g/mol. The number of carbonyl (C=O) groups is 3. The molecule has 2 aromatic rings. The van der Waals surface area contributed by atoms with Gasteiger partial charge in [-0.15, -0.1) is 0 Å². The lowest BCUT2D eigenvalue weighted by Crippen LogP contribution is -2.38. The van der Waals surface area contributed by atoms with E-state index < -0.39 is 22.7 Å². The van der Waals surface area contributed by atoms with Crippen LogP contribution in [-0.2, 0) is 9.59 Å². The first-order valence-electron chi connectivity index (χ1n) is 8.54. The van der Waals surface area contributed by atoms with Crippen LogP contribution in [0.3, 0.4) is 0 Å². The Morgan fingerprint density at radius 3 is 2.38 bits per heavy atom. The highest BCUT2D eigenvalue weighted by Gasteiger charge is 2.87. The van der Waals surface area contributed by atoms with Crippen LogP contribution in [0.15, 0.2) is 53.0 Å². The number of benzene rings is 2. The molecular weight excluding hydrogens is 396 g/mol. The Morgan fingerprint density at radius 2 is 1.77 bits per heavy atom. The van der Waals surface area contributed by atoms with Gasteiger partial charge in [0.1, 0.15) is 16.9 Å². The van der Waals surface area contributed by atoms with Crippen molar-refractivity contribution in [3.8, 4) is 5.75 Å². The zero-order chi connectivity index (χ0) is 18.7. The van der Waals surface area contributed by atoms with Crippen LogP contribution in [0, 0.1) is 10.8 Å². The minimum Gasteiger partial charge on any atom is -0.425 e. The van der Waals surface area contributed by atoms with Crippen LogP contribution in [0.4, 0.5) is 0 Å². The van der Waals surface area contributed by atoms with Crippen molar-refractivity contribution in [2.45, 2.75) is 26.2 Å². The number of hydrogen-bond donors (Lipinski definition) is 0. The summed E-state index contributed by atoms with van der Waals surface area (Å²) in [6, 6.07) is 14.2. The van der Waals surface area contributed by atoms with Crippen LogP contribution in [0.25, 0.3) is 0 Å². The van der Waals surface area contributed by atoms with Crippen LogP contribution in [0.1, 0.15) is 42.1 Å². The summed E-state index contributed by atoms with van der Waals surface area (Å²) in [5.74, 6) is -1.14. The first-order chi connectivity index (χ1) is 12.4. The summed E-state index contributed by atoms with van der Waals surface area (Å²) in [6.45, 7) is 3.24. The maximum absolute atomic E-state index is 13.5. The Morgan fingerprint density at radius 1 is 1.12 bits per heavy atom. The number of rotatable bonds is 4. The predicted octanol–water partition coefficient (Wildman–Crippen LogP) is 4.32. The van der Waals surface area contributed by atoms with Gasteiger partial charge in [0, 0.05) is 21.5 Å². The average Bonchev–Trinajstić information content (AvgIpc) is 3.29. The summed E-state index contributed by atoms with van der Waals surface area (Å²) in [5.41, 5.74) is -1.28. The van der Waals surface area contributed by atoms with Crippen molar-refractivity contribution < 1.29 is 19.1 Å². The van der Waals surface area contributed by atoms with Gasteiger partial charge < -0.3 is 4.74 Å². The third-order valence-electron chi connectivity index (χ3n) is 5.93. The van der Waals surface area contributed by atoms with Gasteiger partial charge in [-0.3, -0.25) is 14.4 Å². The zero-order valence-corrected chi connectivity index (χ0v) is 16.0. The van der Waals surface area contributed by atoms with Crippen molar-refractivity contribution in [2.24, 2.45) is 10.8 Å². The third kappa shape index (κ3) is 1.87. The highest BCUT2D eigenvalue weighted by atomic mass is 79.9. The van der Waals surface area contributed by atoms with Crippen molar-refractivity contribution in [2.75, 3.05) is 0 Å². The topological polar surface area (TPSA) is 60.4 Å². The van der Waals surface area contributed by atoms with E-state index in [1.165, 1.54) is 6.92 Å². The van der Waals surface area contributed by atoms with E-state index in [9.17, 15) is 14.4 Å². The molecule has 5 heteroatoms. The van der Waals surface area contributed by atoms with Gasteiger partial charge in [-0.25, -0.2) is 0 Å². The van der Waals surface area contributed by atoms with Gasteiger partial charge in [-0.05, 0) is 31.5 Å². The van der Waals surface area contributed by atoms with Crippen LogP contribution >= 0.6 is 15.9 Å². The van der Waals surface area contributed by atoms with Crippen molar-refractivity contribution in [3.05, 3.63) is 64.1 Å². The third-order valence-corrected chi connectivity index (χ3v) is 6.45. The fraction of sp³-hybridized carbons (Fsp3) is 0.286. The minimum absolute atomic E-state index is 0.179. The van der Waals surface area contributed by atoms with Gasteiger partial charge in [0.2, 0.25) is 0 Å². The molecule has 3 atom stereocenters. The fourth-order valence-corrected chi connectivity index (χ4v) is 5.06. The SMILES string of the molecule is CC[C@@]1(C(=O)c2ccc(Br)cc2)[C@H]2c3ccccc3OC(=O)[C@@]21C(C)=O. The molecule has 2 aliphatic rings. The number of Topliss-reactive ketones (excluding diaryl/α,β-unsaturated/α-hetero) is 2. The summed E-state index contributed by atoms with van der Waals surface area (Å²) in [7, 11) is 0. The molecule has 0 bridgehead atoms. The van der Waals surface area contributed by atoms with Gasteiger partial charge in [0.25, 0.3) is 0 Å². The summed E-state index contributed by atoms with van der Waals surface area (Å²) >= 11 is 3.36. The molecule has 0 aromatic heterocycles. The van der Waals surface area contributed by atoms with E-state index in [1.807, 2.05) is 19.1 Å². The van der Waals surface area contributed by atoms with E-state index >= 15 is 0 Å². The number of carbonyl (C=O) groups excluding carboxylic acids is 3. The quantitative estimate of drug-likeness (QED) is 0.324. The highest BCUT2D eigenvalue weighted by molar-refractivity contribution is 9.10. The summed E-state index contributed by atoms with van der Waals surface area (Å²) < 4.78 is 6.35. The minimum atomic E-state index is -1.43. The van der Waals surface area contributed by atoms with Crippen LogP contribution < -0.4 is 4.74 Å². The van der Waals surface area contributed by atoms with Crippen molar-refractivity contribution >= 4 is 33.5 Å². The molecule has 26 heavy (non-hydrogen) atoms. The predicted molar refractivity (Wildman–Crippen MR) is 99.1 cm³/mol. The van der Waals surface area contributed by atoms with Gasteiger partial charge in [-0.1, -0.05) is 53.2 Å². The Labute approximate surface area is 159 Å². The Bertz CT molecular complexity index is 949. The molecule has 0 N–H and O–H groups in total. The molecule has 0 saturated heterocycles. The van der Waals surface area contributed by atoms with Gasteiger partial charge in [-0.2, -0.15) is 0 Å². The molecule has 2 aromatic carbocycles. The molecule has 1 aliphatic heterocycles. The van der Waals surface area contributed by atoms with Crippen molar-refractivity contribution in [3.63, 3.8) is 0 Å². The smallest absolute Gasteiger partial charge is 0.326 e. The Balaban J connectivity index is 1.93. The molecule has 132 valence electrons. The molecule has 1 heterocycles. The van der Waals surface area contributed by atoms with Crippen LogP contribution in [0.5, 0.6) is 5.75 Å². The van der Waals surface area contributed by atoms with Crippen LogP contribution in [0.2, 0.25) is 0 Å². The van der Waals surface area contributed by atoms with E-state index in [2.05, 4.69) is 15.9 Å². The number of para-hydroxylation sites is 1. The molecule has 1 saturated carbocycles. The molecule has 0 spiro atoms. The molecule has 4 nitrogen and oxygen atoms in total. The molecule has 0 radical (unpaired) electrons. The number of ketones is 2. The Kier molecular flexibility index (Phi) is 3.70.